The van der Waals surface area contributed by atoms with E-state index >= 15 is 0 Å². The Balaban J connectivity index is 2.02. The molecule has 6 atom stereocenters. The summed E-state index contributed by atoms with van der Waals surface area (Å²) in [4.78, 5) is 0. The number of hydrogen-bond donors (Lipinski definition) is 2. The SMILES string of the molecule is O[C@@H]1CO[C@H](CCl)O[C@@H]1[C@@H]1O[C@H](CCl)OC[C@@H]1O. The number of alkyl halides is 2. The van der Waals surface area contributed by atoms with Crippen molar-refractivity contribution in [2.45, 2.75) is 37.0 Å². The number of hydrogen-bond acceptors (Lipinski definition) is 6. The zero-order valence-electron chi connectivity index (χ0n) is 9.58. The van der Waals surface area contributed by atoms with E-state index < -0.39 is 37.0 Å². The van der Waals surface area contributed by atoms with Gasteiger partial charge in [-0.2, -0.15) is 0 Å². The summed E-state index contributed by atoms with van der Waals surface area (Å²) in [6.45, 7) is 0.169. The first-order chi connectivity index (χ1) is 8.65. The Hall–Kier alpha value is 0.340. The van der Waals surface area contributed by atoms with Crippen LogP contribution in [-0.2, 0) is 18.9 Å². The Labute approximate surface area is 115 Å². The van der Waals surface area contributed by atoms with E-state index in [-0.39, 0.29) is 25.0 Å². The van der Waals surface area contributed by atoms with E-state index in [9.17, 15) is 10.2 Å². The molecule has 0 aromatic heterocycles. The van der Waals surface area contributed by atoms with Crippen LogP contribution in [0.4, 0.5) is 0 Å². The van der Waals surface area contributed by atoms with Gasteiger partial charge in [-0.15, -0.1) is 23.2 Å². The van der Waals surface area contributed by atoms with Gasteiger partial charge in [-0.05, 0) is 0 Å². The molecule has 0 aliphatic carbocycles. The summed E-state index contributed by atoms with van der Waals surface area (Å²) in [5.41, 5.74) is 0. The van der Waals surface area contributed by atoms with Crippen molar-refractivity contribution in [3.8, 4) is 0 Å². The lowest BCUT2D eigenvalue weighted by Gasteiger charge is -2.42. The summed E-state index contributed by atoms with van der Waals surface area (Å²) in [6, 6.07) is 0. The fourth-order valence-corrected chi connectivity index (χ4v) is 2.29. The number of halogens is 2. The van der Waals surface area contributed by atoms with E-state index in [4.69, 9.17) is 42.1 Å². The maximum atomic E-state index is 9.85. The number of rotatable bonds is 3. The lowest BCUT2D eigenvalue weighted by molar-refractivity contribution is -0.319. The third-order valence-electron chi connectivity index (χ3n) is 2.86. The molecule has 0 aromatic carbocycles. The molecule has 2 aliphatic heterocycles. The maximum Gasteiger partial charge on any atom is 0.171 e. The molecule has 2 fully saturated rings. The van der Waals surface area contributed by atoms with E-state index in [0.29, 0.717) is 0 Å². The zero-order chi connectivity index (χ0) is 13.1. The van der Waals surface area contributed by atoms with Gasteiger partial charge in [-0.3, -0.25) is 0 Å². The molecule has 0 aromatic rings. The van der Waals surface area contributed by atoms with Crippen molar-refractivity contribution in [2.75, 3.05) is 25.0 Å². The fraction of sp³-hybridized carbons (Fsp3) is 1.00. The van der Waals surface area contributed by atoms with Crippen LogP contribution in [0.2, 0.25) is 0 Å². The van der Waals surface area contributed by atoms with Crippen LogP contribution >= 0.6 is 23.2 Å². The Morgan fingerprint density at radius 2 is 1.22 bits per heavy atom. The summed E-state index contributed by atoms with van der Waals surface area (Å²) in [5.74, 6) is 0.281. The van der Waals surface area contributed by atoms with Gasteiger partial charge in [0.05, 0.1) is 25.0 Å². The summed E-state index contributed by atoms with van der Waals surface area (Å²) < 4.78 is 21.2. The van der Waals surface area contributed by atoms with E-state index in [1.165, 1.54) is 0 Å². The molecule has 2 saturated heterocycles. The van der Waals surface area contributed by atoms with Crippen LogP contribution < -0.4 is 0 Å². The molecule has 8 heteroatoms. The highest BCUT2D eigenvalue weighted by atomic mass is 35.5. The first kappa shape index (κ1) is 14.7. The van der Waals surface area contributed by atoms with Gasteiger partial charge in [-0.1, -0.05) is 0 Å². The van der Waals surface area contributed by atoms with Gasteiger partial charge in [0.25, 0.3) is 0 Å². The van der Waals surface area contributed by atoms with E-state index in [1.807, 2.05) is 0 Å². The Bertz CT molecular complexity index is 243. The minimum atomic E-state index is -0.891. The van der Waals surface area contributed by atoms with Gasteiger partial charge >= 0.3 is 0 Å². The van der Waals surface area contributed by atoms with Crippen molar-refractivity contribution in [3.63, 3.8) is 0 Å². The van der Waals surface area contributed by atoms with Crippen LogP contribution in [0.3, 0.4) is 0 Å². The van der Waals surface area contributed by atoms with Gasteiger partial charge in [0, 0.05) is 0 Å². The Kier molecular flexibility index (Phi) is 5.47. The highest BCUT2D eigenvalue weighted by molar-refractivity contribution is 6.18. The topological polar surface area (TPSA) is 77.4 Å². The molecule has 0 radical (unpaired) electrons. The van der Waals surface area contributed by atoms with E-state index in [2.05, 4.69) is 0 Å². The van der Waals surface area contributed by atoms with Crippen molar-refractivity contribution < 1.29 is 29.2 Å². The molecule has 2 heterocycles. The molecule has 6 nitrogen and oxygen atoms in total. The van der Waals surface area contributed by atoms with Gasteiger partial charge < -0.3 is 29.2 Å². The monoisotopic (exact) mass is 302 g/mol. The minimum absolute atomic E-state index is 0.0844. The zero-order valence-corrected chi connectivity index (χ0v) is 11.1. The number of ether oxygens (including phenoxy) is 4. The second kappa shape index (κ2) is 6.67. The summed E-state index contributed by atoms with van der Waals surface area (Å²) in [5, 5.41) is 19.7. The average molecular weight is 303 g/mol. The van der Waals surface area contributed by atoms with Gasteiger partial charge in [0.2, 0.25) is 0 Å². The number of aliphatic hydroxyl groups is 2. The molecule has 2 N–H and O–H groups in total. The molecule has 0 spiro atoms. The van der Waals surface area contributed by atoms with Gasteiger partial charge in [0.1, 0.15) is 24.4 Å². The lowest BCUT2D eigenvalue weighted by atomic mass is 10.0. The maximum absolute atomic E-state index is 9.85. The summed E-state index contributed by atoms with van der Waals surface area (Å²) >= 11 is 11.3. The first-order valence-corrected chi connectivity index (χ1v) is 6.74. The highest BCUT2D eigenvalue weighted by Gasteiger charge is 2.43. The standard InChI is InChI=1S/C10H16Cl2O6/c11-1-7-15-3-5(13)9(17-7)10-6(14)4-16-8(2-12)18-10/h5-10,13-14H,1-4H2/t5-,6+,7+,8-,9+,10-. The second-order valence-corrected chi connectivity index (χ2v) is 4.79. The summed E-state index contributed by atoms with van der Waals surface area (Å²) in [6.07, 6.45) is -4.45. The van der Waals surface area contributed by atoms with Gasteiger partial charge in [0.15, 0.2) is 12.6 Å². The quantitative estimate of drug-likeness (QED) is 0.695. The Morgan fingerprint density at radius 1 is 0.833 bits per heavy atom. The van der Waals surface area contributed by atoms with Crippen LogP contribution in [-0.4, -0.2) is 72.2 Å². The normalized spacial score (nSPS) is 46.0. The van der Waals surface area contributed by atoms with E-state index in [1.54, 1.807) is 0 Å². The molecule has 0 amide bonds. The first-order valence-electron chi connectivity index (χ1n) is 5.68. The molecule has 18 heavy (non-hydrogen) atoms. The second-order valence-electron chi connectivity index (χ2n) is 4.17. The average Bonchev–Trinajstić information content (AvgIpc) is 2.40. The summed E-state index contributed by atoms with van der Waals surface area (Å²) in [7, 11) is 0. The highest BCUT2D eigenvalue weighted by Crippen LogP contribution is 2.25. The number of aliphatic hydroxyl groups excluding tert-OH is 2. The third kappa shape index (κ3) is 3.26. The molecule has 106 valence electrons. The predicted octanol–water partition coefficient (Wildman–Crippen LogP) is -0.331. The molecular formula is C10H16Cl2O6. The van der Waals surface area contributed by atoms with Crippen LogP contribution in [0.1, 0.15) is 0 Å². The molecular weight excluding hydrogens is 287 g/mol. The van der Waals surface area contributed by atoms with Crippen LogP contribution in [0, 0.1) is 0 Å². The van der Waals surface area contributed by atoms with Gasteiger partial charge in [-0.25, -0.2) is 0 Å². The van der Waals surface area contributed by atoms with Crippen LogP contribution in [0.5, 0.6) is 0 Å². The van der Waals surface area contributed by atoms with Crippen molar-refractivity contribution in [1.29, 1.82) is 0 Å². The third-order valence-corrected chi connectivity index (χ3v) is 3.36. The smallest absolute Gasteiger partial charge is 0.171 e. The van der Waals surface area contributed by atoms with Crippen molar-refractivity contribution in [2.24, 2.45) is 0 Å². The Morgan fingerprint density at radius 3 is 1.56 bits per heavy atom. The van der Waals surface area contributed by atoms with Crippen molar-refractivity contribution in [1.82, 2.24) is 0 Å². The lowest BCUT2D eigenvalue weighted by Crippen LogP contribution is -2.58. The fourth-order valence-electron chi connectivity index (χ4n) is 1.97. The van der Waals surface area contributed by atoms with Crippen molar-refractivity contribution in [3.05, 3.63) is 0 Å². The van der Waals surface area contributed by atoms with Crippen molar-refractivity contribution >= 4 is 23.2 Å². The minimum Gasteiger partial charge on any atom is -0.388 e. The largest absolute Gasteiger partial charge is 0.388 e. The predicted molar refractivity (Wildman–Crippen MR) is 62.7 cm³/mol. The molecule has 2 aliphatic rings. The molecule has 0 bridgehead atoms. The van der Waals surface area contributed by atoms with Crippen LogP contribution in [0.15, 0.2) is 0 Å². The molecule has 0 saturated carbocycles. The van der Waals surface area contributed by atoms with E-state index in [0.717, 1.165) is 0 Å². The molecule has 0 unspecified atom stereocenters. The molecule has 2 rings (SSSR count). The van der Waals surface area contributed by atoms with Crippen LogP contribution in [0.25, 0.3) is 0 Å².